The summed E-state index contributed by atoms with van der Waals surface area (Å²) in [5.74, 6) is 0.352. The summed E-state index contributed by atoms with van der Waals surface area (Å²) in [5.41, 5.74) is 6.68. The van der Waals surface area contributed by atoms with Crippen molar-refractivity contribution in [2.45, 2.75) is 29.8 Å². The summed E-state index contributed by atoms with van der Waals surface area (Å²) in [6, 6.07) is 5.96. The van der Waals surface area contributed by atoms with Crippen molar-refractivity contribution in [3.63, 3.8) is 0 Å². The number of piperidine rings is 1. The second kappa shape index (κ2) is 9.23. The van der Waals surface area contributed by atoms with E-state index in [-0.39, 0.29) is 11.9 Å². The molecule has 2 aromatic rings. The molecule has 1 aromatic carbocycles. The van der Waals surface area contributed by atoms with Gasteiger partial charge in [-0.15, -0.1) is 10.2 Å². The van der Waals surface area contributed by atoms with Crippen molar-refractivity contribution in [3.05, 3.63) is 33.8 Å². The van der Waals surface area contributed by atoms with Gasteiger partial charge in [-0.2, -0.15) is 0 Å². The molecule has 1 aliphatic heterocycles. The highest BCUT2D eigenvalue weighted by atomic mass is 35.5. The van der Waals surface area contributed by atoms with Crippen LogP contribution in [0.15, 0.2) is 22.5 Å². The van der Waals surface area contributed by atoms with E-state index in [4.69, 9.17) is 28.9 Å². The van der Waals surface area contributed by atoms with E-state index in [0.29, 0.717) is 25.3 Å². The monoisotopic (exact) mass is 431 g/mol. The lowest BCUT2D eigenvalue weighted by atomic mass is 10.0. The Kier molecular flexibility index (Phi) is 6.99. The maximum atomic E-state index is 12.1. The standard InChI is InChI=1S/C16H19Cl2N5OS2/c17-12-2-1-10(7-13(12)18)8-23-5-3-11(4-6-23)20-14(24)9-25-16-22-21-15(19)26-16/h1-2,7,11H,3-6,8-9H2,(H2,19,21)(H,20,24). The van der Waals surface area contributed by atoms with Crippen LogP contribution in [0.25, 0.3) is 0 Å². The Hall–Kier alpha value is -1.06. The molecule has 1 aromatic heterocycles. The molecule has 1 amide bonds. The third-order valence-corrected chi connectivity index (χ3v) is 6.72. The molecule has 0 saturated carbocycles. The van der Waals surface area contributed by atoms with Crippen LogP contribution in [0.3, 0.4) is 0 Å². The van der Waals surface area contributed by atoms with Crippen molar-refractivity contribution in [1.29, 1.82) is 0 Å². The minimum atomic E-state index is 0.0201. The van der Waals surface area contributed by atoms with Crippen LogP contribution >= 0.6 is 46.3 Å². The first-order valence-electron chi connectivity index (χ1n) is 8.17. The molecule has 1 saturated heterocycles. The number of aromatic nitrogens is 2. The van der Waals surface area contributed by atoms with Crippen LogP contribution in [0.1, 0.15) is 18.4 Å². The smallest absolute Gasteiger partial charge is 0.230 e. The fourth-order valence-corrected chi connectivity index (χ4v) is 4.57. The zero-order valence-electron chi connectivity index (χ0n) is 14.0. The molecule has 0 aliphatic carbocycles. The fraction of sp³-hybridized carbons (Fsp3) is 0.438. The summed E-state index contributed by atoms with van der Waals surface area (Å²) in [6.07, 6.45) is 1.87. The number of anilines is 1. The Morgan fingerprint density at radius 2 is 2.08 bits per heavy atom. The lowest BCUT2D eigenvalue weighted by Gasteiger charge is -2.32. The Bertz CT molecular complexity index is 765. The number of carbonyl (C=O) groups is 1. The van der Waals surface area contributed by atoms with Gasteiger partial charge in [0, 0.05) is 25.7 Å². The van der Waals surface area contributed by atoms with E-state index in [1.807, 2.05) is 18.2 Å². The molecule has 3 rings (SSSR count). The van der Waals surface area contributed by atoms with Crippen molar-refractivity contribution >= 4 is 57.3 Å². The highest BCUT2D eigenvalue weighted by molar-refractivity contribution is 8.01. The summed E-state index contributed by atoms with van der Waals surface area (Å²) < 4.78 is 0.717. The first-order chi connectivity index (χ1) is 12.5. The quantitative estimate of drug-likeness (QED) is 0.682. The molecule has 1 fully saturated rings. The van der Waals surface area contributed by atoms with Crippen LogP contribution < -0.4 is 11.1 Å². The molecule has 2 heterocycles. The van der Waals surface area contributed by atoms with Crippen molar-refractivity contribution in [2.24, 2.45) is 0 Å². The van der Waals surface area contributed by atoms with Gasteiger partial charge < -0.3 is 11.1 Å². The van der Waals surface area contributed by atoms with E-state index < -0.39 is 0 Å². The number of nitrogens with zero attached hydrogens (tertiary/aromatic N) is 3. The van der Waals surface area contributed by atoms with Crippen molar-refractivity contribution in [1.82, 2.24) is 20.4 Å². The highest BCUT2D eigenvalue weighted by Gasteiger charge is 2.21. The molecule has 1 aliphatic rings. The molecule has 26 heavy (non-hydrogen) atoms. The maximum Gasteiger partial charge on any atom is 0.230 e. The largest absolute Gasteiger partial charge is 0.374 e. The van der Waals surface area contributed by atoms with Gasteiger partial charge in [0.1, 0.15) is 0 Å². The van der Waals surface area contributed by atoms with Gasteiger partial charge >= 0.3 is 0 Å². The summed E-state index contributed by atoms with van der Waals surface area (Å²) >= 11 is 14.7. The van der Waals surface area contributed by atoms with E-state index in [1.165, 1.54) is 23.1 Å². The summed E-state index contributed by atoms with van der Waals surface area (Å²) in [5, 5.41) is 12.3. The Balaban J connectivity index is 1.39. The van der Waals surface area contributed by atoms with Gasteiger partial charge in [-0.25, -0.2) is 0 Å². The lowest BCUT2D eigenvalue weighted by molar-refractivity contribution is -0.119. The molecule has 10 heteroatoms. The van der Waals surface area contributed by atoms with E-state index in [2.05, 4.69) is 20.4 Å². The van der Waals surface area contributed by atoms with Gasteiger partial charge in [-0.05, 0) is 30.5 Å². The number of nitrogens with two attached hydrogens (primary N) is 1. The number of benzene rings is 1. The Morgan fingerprint density at radius 3 is 2.73 bits per heavy atom. The first-order valence-corrected chi connectivity index (χ1v) is 10.7. The molecule has 0 unspecified atom stereocenters. The average Bonchev–Trinajstić information content (AvgIpc) is 3.04. The number of hydrogen-bond acceptors (Lipinski definition) is 7. The number of nitrogens with one attached hydrogen (secondary N) is 1. The predicted octanol–water partition coefficient (Wildman–Crippen LogP) is 3.30. The normalized spacial score (nSPS) is 15.9. The van der Waals surface area contributed by atoms with Crippen LogP contribution in [0.4, 0.5) is 5.13 Å². The molecule has 0 atom stereocenters. The van der Waals surface area contributed by atoms with Crippen LogP contribution in [-0.2, 0) is 11.3 Å². The number of halogens is 2. The second-order valence-corrected chi connectivity index (χ2v) is 9.11. The molecule has 0 radical (unpaired) electrons. The van der Waals surface area contributed by atoms with E-state index in [9.17, 15) is 4.79 Å². The van der Waals surface area contributed by atoms with E-state index in [0.717, 1.165) is 38.0 Å². The third kappa shape index (κ3) is 5.72. The lowest BCUT2D eigenvalue weighted by Crippen LogP contribution is -2.44. The van der Waals surface area contributed by atoms with Gasteiger partial charge in [0.15, 0.2) is 4.34 Å². The Morgan fingerprint density at radius 1 is 1.31 bits per heavy atom. The molecule has 3 N–H and O–H groups in total. The van der Waals surface area contributed by atoms with Crippen molar-refractivity contribution < 1.29 is 4.79 Å². The van der Waals surface area contributed by atoms with Crippen molar-refractivity contribution in [3.8, 4) is 0 Å². The van der Waals surface area contributed by atoms with Crippen molar-refractivity contribution in [2.75, 3.05) is 24.6 Å². The molecule has 6 nitrogen and oxygen atoms in total. The number of rotatable bonds is 6. The summed E-state index contributed by atoms with van der Waals surface area (Å²) in [6.45, 7) is 2.71. The summed E-state index contributed by atoms with van der Waals surface area (Å²) in [7, 11) is 0. The van der Waals surface area contributed by atoms with Gasteiger partial charge in [0.25, 0.3) is 0 Å². The van der Waals surface area contributed by atoms with Gasteiger partial charge in [0.2, 0.25) is 11.0 Å². The molecule has 0 bridgehead atoms. The fourth-order valence-electron chi connectivity index (χ4n) is 2.81. The number of likely N-dealkylation sites (tertiary alicyclic amines) is 1. The van der Waals surface area contributed by atoms with E-state index in [1.54, 1.807) is 0 Å². The van der Waals surface area contributed by atoms with Gasteiger partial charge in [-0.3, -0.25) is 9.69 Å². The summed E-state index contributed by atoms with van der Waals surface area (Å²) in [4.78, 5) is 14.4. The number of nitrogen functional groups attached to an aromatic ring is 1. The number of thioether (sulfide) groups is 1. The van der Waals surface area contributed by atoms with Crippen LogP contribution in [-0.4, -0.2) is 45.9 Å². The molecule has 0 spiro atoms. The topological polar surface area (TPSA) is 84.1 Å². The van der Waals surface area contributed by atoms with Crippen LogP contribution in [0, 0.1) is 0 Å². The third-order valence-electron chi connectivity index (χ3n) is 4.09. The maximum absolute atomic E-state index is 12.1. The molecule has 140 valence electrons. The van der Waals surface area contributed by atoms with Crippen LogP contribution in [0.2, 0.25) is 10.0 Å². The minimum Gasteiger partial charge on any atom is -0.374 e. The van der Waals surface area contributed by atoms with Gasteiger partial charge in [-0.1, -0.05) is 52.4 Å². The first kappa shape index (κ1) is 19.7. The SMILES string of the molecule is Nc1nnc(SCC(=O)NC2CCN(Cc3ccc(Cl)c(Cl)c3)CC2)s1. The van der Waals surface area contributed by atoms with E-state index >= 15 is 0 Å². The minimum absolute atomic E-state index is 0.0201. The predicted molar refractivity (Wildman–Crippen MR) is 108 cm³/mol. The number of amides is 1. The van der Waals surface area contributed by atoms with Crippen LogP contribution in [0.5, 0.6) is 0 Å². The number of carbonyl (C=O) groups excluding carboxylic acids is 1. The average molecular weight is 432 g/mol. The zero-order valence-corrected chi connectivity index (χ0v) is 17.1. The Labute approximate surface area is 170 Å². The second-order valence-electron chi connectivity index (χ2n) is 6.06. The molecular formula is C16H19Cl2N5OS2. The highest BCUT2D eigenvalue weighted by Crippen LogP contribution is 2.25. The van der Waals surface area contributed by atoms with Gasteiger partial charge in [0.05, 0.1) is 15.8 Å². The number of hydrogen-bond donors (Lipinski definition) is 2. The molecular weight excluding hydrogens is 413 g/mol. The zero-order chi connectivity index (χ0) is 18.5.